The van der Waals surface area contributed by atoms with Crippen LogP contribution in [-0.2, 0) is 11.3 Å². The molecule has 0 fully saturated rings. The molecule has 6 nitrogen and oxygen atoms in total. The third-order valence-corrected chi connectivity index (χ3v) is 2.97. The van der Waals surface area contributed by atoms with Gasteiger partial charge in [-0.15, -0.1) is 0 Å². The Kier molecular flexibility index (Phi) is 4.09. The maximum atomic E-state index is 12.8. The molecule has 106 valence electrons. The predicted molar refractivity (Wildman–Crippen MR) is 68.3 cm³/mol. The average molecular weight is 279 g/mol. The molecule has 2 rings (SSSR count). The van der Waals surface area contributed by atoms with Crippen LogP contribution in [0.5, 0.6) is 0 Å². The first-order chi connectivity index (χ1) is 9.47. The van der Waals surface area contributed by atoms with Gasteiger partial charge in [0, 0.05) is 5.56 Å². The van der Waals surface area contributed by atoms with Gasteiger partial charge in [0.1, 0.15) is 11.9 Å². The highest BCUT2D eigenvalue weighted by Gasteiger charge is 2.19. The van der Waals surface area contributed by atoms with Crippen LogP contribution in [0.1, 0.15) is 12.7 Å². The predicted octanol–water partition coefficient (Wildman–Crippen LogP) is 1.78. The van der Waals surface area contributed by atoms with E-state index in [0.717, 1.165) is 0 Å². The molecule has 1 atom stereocenters. The van der Waals surface area contributed by atoms with Crippen molar-refractivity contribution in [2.75, 3.05) is 7.05 Å². The summed E-state index contributed by atoms with van der Waals surface area (Å²) < 4.78 is 17.9. The van der Waals surface area contributed by atoms with Gasteiger partial charge in [-0.3, -0.25) is 9.69 Å². The molecular formula is C13H14FN3O3. The van der Waals surface area contributed by atoms with Gasteiger partial charge in [0.15, 0.2) is 5.82 Å². The molecule has 1 aromatic heterocycles. The first-order valence-corrected chi connectivity index (χ1v) is 5.99. The van der Waals surface area contributed by atoms with E-state index in [4.69, 9.17) is 9.63 Å². The van der Waals surface area contributed by atoms with Crippen molar-refractivity contribution in [1.82, 2.24) is 15.0 Å². The molecule has 1 aromatic carbocycles. The van der Waals surface area contributed by atoms with Crippen molar-refractivity contribution in [2.45, 2.75) is 19.5 Å². The van der Waals surface area contributed by atoms with Crippen LogP contribution >= 0.6 is 0 Å². The van der Waals surface area contributed by atoms with Crippen LogP contribution in [0, 0.1) is 5.82 Å². The normalized spacial score (nSPS) is 12.6. The number of rotatable bonds is 5. The van der Waals surface area contributed by atoms with Gasteiger partial charge in [0.05, 0.1) is 6.54 Å². The zero-order chi connectivity index (χ0) is 14.7. The molecule has 0 radical (unpaired) electrons. The Morgan fingerprint density at radius 1 is 1.45 bits per heavy atom. The highest BCUT2D eigenvalue weighted by molar-refractivity contribution is 5.72. The minimum Gasteiger partial charge on any atom is -0.480 e. The lowest BCUT2D eigenvalue weighted by Crippen LogP contribution is -2.35. The zero-order valence-electron chi connectivity index (χ0n) is 11.1. The van der Waals surface area contributed by atoms with Crippen LogP contribution in [0.4, 0.5) is 4.39 Å². The van der Waals surface area contributed by atoms with E-state index in [0.29, 0.717) is 11.4 Å². The fraction of sp³-hybridized carbons (Fsp3) is 0.308. The largest absolute Gasteiger partial charge is 0.480 e. The molecule has 7 heteroatoms. The SMILES string of the molecule is CC(C(=O)O)N(C)Cc1noc(-c2ccc(F)cc2)n1. The van der Waals surface area contributed by atoms with E-state index in [-0.39, 0.29) is 18.3 Å². The Hall–Kier alpha value is -2.28. The third-order valence-electron chi connectivity index (χ3n) is 2.97. The molecule has 1 unspecified atom stereocenters. The lowest BCUT2D eigenvalue weighted by molar-refractivity contribution is -0.142. The summed E-state index contributed by atoms with van der Waals surface area (Å²) in [5, 5.41) is 12.7. The van der Waals surface area contributed by atoms with Crippen molar-refractivity contribution >= 4 is 5.97 Å². The van der Waals surface area contributed by atoms with Gasteiger partial charge < -0.3 is 9.63 Å². The van der Waals surface area contributed by atoms with Crippen molar-refractivity contribution in [1.29, 1.82) is 0 Å². The van der Waals surface area contributed by atoms with E-state index in [1.165, 1.54) is 24.3 Å². The van der Waals surface area contributed by atoms with Gasteiger partial charge in [-0.25, -0.2) is 4.39 Å². The second-order valence-electron chi connectivity index (χ2n) is 4.45. The minimum atomic E-state index is -0.922. The van der Waals surface area contributed by atoms with Crippen LogP contribution in [-0.4, -0.2) is 39.2 Å². The van der Waals surface area contributed by atoms with Crippen LogP contribution in [0.15, 0.2) is 28.8 Å². The van der Waals surface area contributed by atoms with Crippen molar-refractivity contribution in [3.63, 3.8) is 0 Å². The van der Waals surface area contributed by atoms with Gasteiger partial charge >= 0.3 is 5.97 Å². The van der Waals surface area contributed by atoms with Crippen molar-refractivity contribution in [3.05, 3.63) is 35.9 Å². The second kappa shape index (κ2) is 5.79. The topological polar surface area (TPSA) is 79.5 Å². The van der Waals surface area contributed by atoms with E-state index < -0.39 is 12.0 Å². The summed E-state index contributed by atoms with van der Waals surface area (Å²) >= 11 is 0. The van der Waals surface area contributed by atoms with Crippen LogP contribution in [0.2, 0.25) is 0 Å². The van der Waals surface area contributed by atoms with E-state index in [2.05, 4.69) is 10.1 Å². The number of halogens is 1. The maximum Gasteiger partial charge on any atom is 0.320 e. The number of carbonyl (C=O) groups is 1. The highest BCUT2D eigenvalue weighted by atomic mass is 19.1. The Bertz CT molecular complexity index is 597. The second-order valence-corrected chi connectivity index (χ2v) is 4.45. The molecule has 0 aliphatic heterocycles. The van der Waals surface area contributed by atoms with Crippen LogP contribution < -0.4 is 0 Å². The maximum absolute atomic E-state index is 12.8. The fourth-order valence-electron chi connectivity index (χ4n) is 1.58. The number of hydrogen-bond donors (Lipinski definition) is 1. The summed E-state index contributed by atoms with van der Waals surface area (Å²) in [6.45, 7) is 1.82. The molecule has 0 aliphatic rings. The van der Waals surface area contributed by atoms with Gasteiger partial charge in [-0.05, 0) is 38.2 Å². The van der Waals surface area contributed by atoms with E-state index >= 15 is 0 Å². The summed E-state index contributed by atoms with van der Waals surface area (Å²) in [5.74, 6) is -0.616. The lowest BCUT2D eigenvalue weighted by Gasteiger charge is -2.18. The molecular weight excluding hydrogens is 265 g/mol. The molecule has 1 heterocycles. The minimum absolute atomic E-state index is 0.248. The van der Waals surface area contributed by atoms with Gasteiger partial charge in [-0.1, -0.05) is 5.16 Å². The number of nitrogens with zero attached hydrogens (tertiary/aromatic N) is 3. The van der Waals surface area contributed by atoms with Gasteiger partial charge in [0.2, 0.25) is 0 Å². The number of aromatic nitrogens is 2. The van der Waals surface area contributed by atoms with Gasteiger partial charge in [-0.2, -0.15) is 4.98 Å². The van der Waals surface area contributed by atoms with Crippen molar-refractivity contribution < 1.29 is 18.8 Å². The monoisotopic (exact) mass is 279 g/mol. The summed E-state index contributed by atoms with van der Waals surface area (Å²) in [7, 11) is 1.66. The van der Waals surface area contributed by atoms with Gasteiger partial charge in [0.25, 0.3) is 5.89 Å². The smallest absolute Gasteiger partial charge is 0.320 e. The molecule has 0 saturated heterocycles. The van der Waals surface area contributed by atoms with E-state index in [1.807, 2.05) is 0 Å². The summed E-state index contributed by atoms with van der Waals surface area (Å²) in [5.41, 5.74) is 0.610. The Balaban J connectivity index is 2.09. The summed E-state index contributed by atoms with van der Waals surface area (Å²) in [6.07, 6.45) is 0. The van der Waals surface area contributed by atoms with Crippen LogP contribution in [0.25, 0.3) is 11.5 Å². The summed E-state index contributed by atoms with van der Waals surface area (Å²) in [4.78, 5) is 16.6. The highest BCUT2D eigenvalue weighted by Crippen LogP contribution is 2.17. The molecule has 0 aliphatic carbocycles. The number of hydrogen-bond acceptors (Lipinski definition) is 5. The number of carboxylic acids is 1. The first kappa shape index (κ1) is 14.1. The Morgan fingerprint density at radius 3 is 2.70 bits per heavy atom. The fourth-order valence-corrected chi connectivity index (χ4v) is 1.58. The quantitative estimate of drug-likeness (QED) is 0.898. The Labute approximate surface area is 114 Å². The number of aliphatic carboxylic acids is 1. The van der Waals surface area contributed by atoms with E-state index in [1.54, 1.807) is 18.9 Å². The number of likely N-dealkylation sites (N-methyl/N-ethyl adjacent to an activating group) is 1. The van der Waals surface area contributed by atoms with Crippen LogP contribution in [0.3, 0.4) is 0 Å². The molecule has 1 N–H and O–H groups in total. The lowest BCUT2D eigenvalue weighted by atomic mass is 10.2. The molecule has 0 spiro atoms. The molecule has 20 heavy (non-hydrogen) atoms. The number of benzene rings is 1. The molecule has 0 bridgehead atoms. The zero-order valence-corrected chi connectivity index (χ0v) is 11.1. The Morgan fingerprint density at radius 2 is 2.10 bits per heavy atom. The molecule has 0 amide bonds. The first-order valence-electron chi connectivity index (χ1n) is 5.99. The van der Waals surface area contributed by atoms with E-state index in [9.17, 15) is 9.18 Å². The van der Waals surface area contributed by atoms with Crippen molar-refractivity contribution in [3.8, 4) is 11.5 Å². The standard InChI is InChI=1S/C13H14FN3O3/c1-8(13(18)19)17(2)7-11-15-12(20-16-11)9-3-5-10(14)6-4-9/h3-6,8H,7H2,1-2H3,(H,18,19). The summed E-state index contributed by atoms with van der Waals surface area (Å²) in [6, 6.07) is 5.03. The third kappa shape index (κ3) is 3.18. The molecule has 0 saturated carbocycles. The number of carboxylic acid groups (broad SMARTS) is 1. The van der Waals surface area contributed by atoms with Crippen molar-refractivity contribution in [2.24, 2.45) is 0 Å². The average Bonchev–Trinajstić information content (AvgIpc) is 2.87. The molecule has 2 aromatic rings.